The molecule has 0 spiro atoms. The quantitative estimate of drug-likeness (QED) is 0.646. The first-order chi connectivity index (χ1) is 6.16. The lowest BCUT2D eigenvalue weighted by molar-refractivity contribution is -0.126. The molecule has 1 amide bonds. The monoisotopic (exact) mass is 243 g/mol. The number of carbonyl (C=O) groups is 1. The Labute approximate surface area is 87.8 Å². The summed E-state index contributed by atoms with van der Waals surface area (Å²) in [7, 11) is 0. The number of halogens is 1. The molecule has 1 rings (SSSR count). The number of rotatable bonds is 1. The van der Waals surface area contributed by atoms with Crippen molar-refractivity contribution >= 4 is 21.8 Å². The van der Waals surface area contributed by atoms with Crippen LogP contribution in [-0.2, 0) is 4.79 Å². The van der Waals surface area contributed by atoms with Gasteiger partial charge in [0.15, 0.2) is 0 Å². The highest BCUT2D eigenvalue weighted by molar-refractivity contribution is 9.12. The van der Waals surface area contributed by atoms with Crippen LogP contribution in [0.5, 0.6) is 0 Å². The summed E-state index contributed by atoms with van der Waals surface area (Å²) in [6, 6.07) is 0.390. The van der Waals surface area contributed by atoms with Gasteiger partial charge in [-0.05, 0) is 23.6 Å². The highest BCUT2D eigenvalue weighted by atomic mass is 79.9. The van der Waals surface area contributed by atoms with Crippen molar-refractivity contribution < 1.29 is 4.79 Å². The van der Waals surface area contributed by atoms with E-state index in [9.17, 15) is 4.79 Å². The van der Waals surface area contributed by atoms with Crippen LogP contribution in [-0.4, -0.2) is 23.4 Å². The highest BCUT2D eigenvalue weighted by Crippen LogP contribution is 2.23. The van der Waals surface area contributed by atoms with E-state index in [1.807, 2.05) is 4.90 Å². The molecule has 1 fully saturated rings. The Morgan fingerprint density at radius 3 is 2.85 bits per heavy atom. The summed E-state index contributed by atoms with van der Waals surface area (Å²) in [6.07, 6.45) is 2.23. The molecule has 0 aromatic rings. The minimum atomic E-state index is -0.0481. The van der Waals surface area contributed by atoms with Crippen LogP contribution in [0, 0.1) is 16.7 Å². The van der Waals surface area contributed by atoms with Gasteiger partial charge in [0.05, 0.1) is 0 Å². The van der Waals surface area contributed by atoms with Crippen LogP contribution in [0.2, 0.25) is 0 Å². The maximum Gasteiger partial charge on any atom is 0.299 e. The van der Waals surface area contributed by atoms with Crippen molar-refractivity contribution in [1.29, 1.82) is 0 Å². The molecule has 0 aliphatic carbocycles. The second kappa shape index (κ2) is 4.66. The van der Waals surface area contributed by atoms with E-state index in [0.29, 0.717) is 12.0 Å². The van der Waals surface area contributed by atoms with E-state index in [0.717, 1.165) is 19.4 Å². The van der Waals surface area contributed by atoms with Crippen LogP contribution in [0.4, 0.5) is 0 Å². The Balaban J connectivity index is 2.66. The van der Waals surface area contributed by atoms with Gasteiger partial charge in [-0.25, -0.2) is 0 Å². The Hall–Kier alpha value is -0.490. The molecule has 72 valence electrons. The fourth-order valence-corrected chi connectivity index (χ4v) is 2.02. The van der Waals surface area contributed by atoms with Crippen LogP contribution in [0.15, 0.2) is 0 Å². The molecular formula is C10H14BrNO. The van der Waals surface area contributed by atoms with Gasteiger partial charge < -0.3 is 4.90 Å². The van der Waals surface area contributed by atoms with Gasteiger partial charge in [0, 0.05) is 34.4 Å². The smallest absolute Gasteiger partial charge is 0.299 e. The second-order valence-electron chi connectivity index (χ2n) is 3.67. The molecular weight excluding hydrogens is 230 g/mol. The molecule has 1 heterocycles. The van der Waals surface area contributed by atoms with Gasteiger partial charge in [-0.1, -0.05) is 13.8 Å². The van der Waals surface area contributed by atoms with Crippen LogP contribution in [0.1, 0.15) is 26.7 Å². The minimum Gasteiger partial charge on any atom is -0.329 e. The highest BCUT2D eigenvalue weighted by Gasteiger charge is 2.29. The Kier molecular flexibility index (Phi) is 3.80. The summed E-state index contributed by atoms with van der Waals surface area (Å²) in [5.74, 6) is 3.01. The molecule has 13 heavy (non-hydrogen) atoms. The Bertz CT molecular complexity index is 251. The number of hydrogen-bond acceptors (Lipinski definition) is 1. The van der Waals surface area contributed by atoms with Gasteiger partial charge in [0.2, 0.25) is 0 Å². The molecule has 3 heteroatoms. The fraction of sp³-hybridized carbons (Fsp3) is 0.700. The molecule has 0 radical (unpaired) electrons. The fourth-order valence-electron chi connectivity index (χ4n) is 1.85. The molecule has 0 aromatic heterocycles. The predicted octanol–water partition coefficient (Wildman–Crippen LogP) is 1.99. The summed E-state index contributed by atoms with van der Waals surface area (Å²) >= 11 is 2.95. The minimum absolute atomic E-state index is 0.0481. The van der Waals surface area contributed by atoms with Crippen LogP contribution in [0.3, 0.4) is 0 Å². The average molecular weight is 244 g/mol. The first-order valence-electron chi connectivity index (χ1n) is 4.59. The predicted molar refractivity (Wildman–Crippen MR) is 56.3 cm³/mol. The SMILES string of the molecule is CC(C)C1CCCN1C(=O)C#CBr. The van der Waals surface area contributed by atoms with Crippen LogP contribution < -0.4 is 0 Å². The normalized spacial score (nSPS) is 21.5. The lowest BCUT2D eigenvalue weighted by Crippen LogP contribution is -2.37. The van der Waals surface area contributed by atoms with Gasteiger partial charge in [0.25, 0.3) is 5.91 Å². The summed E-state index contributed by atoms with van der Waals surface area (Å²) in [6.45, 7) is 5.17. The number of carbonyl (C=O) groups excluding carboxylic acids is 1. The van der Waals surface area contributed by atoms with Crippen molar-refractivity contribution in [3.8, 4) is 10.8 Å². The third kappa shape index (κ3) is 2.47. The summed E-state index contributed by atoms with van der Waals surface area (Å²) in [5, 5.41) is 0. The van der Waals surface area contributed by atoms with Gasteiger partial charge in [-0.2, -0.15) is 0 Å². The van der Waals surface area contributed by atoms with Crippen molar-refractivity contribution in [3.05, 3.63) is 0 Å². The third-order valence-corrected chi connectivity index (χ3v) is 2.68. The standard InChI is InChI=1S/C10H14BrNO/c1-8(2)9-4-3-7-12(9)10(13)5-6-11/h8-9H,3-4,7H2,1-2H3. The first-order valence-corrected chi connectivity index (χ1v) is 5.38. The van der Waals surface area contributed by atoms with Gasteiger partial charge in [0.1, 0.15) is 0 Å². The number of hydrogen-bond donors (Lipinski definition) is 0. The average Bonchev–Trinajstić information content (AvgIpc) is 2.52. The maximum absolute atomic E-state index is 11.5. The second-order valence-corrected chi connectivity index (χ2v) is 4.07. The molecule has 1 aliphatic heterocycles. The van der Waals surface area contributed by atoms with Crippen molar-refractivity contribution in [1.82, 2.24) is 4.90 Å². The van der Waals surface area contributed by atoms with Crippen molar-refractivity contribution in [3.63, 3.8) is 0 Å². The van der Waals surface area contributed by atoms with Crippen molar-refractivity contribution in [2.45, 2.75) is 32.7 Å². The lowest BCUT2D eigenvalue weighted by atomic mass is 10.0. The third-order valence-electron chi connectivity index (χ3n) is 2.48. The van der Waals surface area contributed by atoms with Crippen molar-refractivity contribution in [2.75, 3.05) is 6.54 Å². The zero-order valence-electron chi connectivity index (χ0n) is 8.01. The molecule has 1 unspecified atom stereocenters. The van der Waals surface area contributed by atoms with Gasteiger partial charge >= 0.3 is 0 Å². The Morgan fingerprint density at radius 2 is 2.31 bits per heavy atom. The molecule has 0 bridgehead atoms. The topological polar surface area (TPSA) is 20.3 Å². The van der Waals surface area contributed by atoms with E-state index in [4.69, 9.17) is 0 Å². The molecule has 2 nitrogen and oxygen atoms in total. The van der Waals surface area contributed by atoms with E-state index in [-0.39, 0.29) is 5.91 Å². The molecule has 1 aliphatic rings. The molecule has 0 N–H and O–H groups in total. The summed E-state index contributed by atoms with van der Waals surface area (Å²) < 4.78 is 0. The Morgan fingerprint density at radius 1 is 1.62 bits per heavy atom. The zero-order chi connectivity index (χ0) is 9.84. The summed E-state index contributed by atoms with van der Waals surface area (Å²) in [4.78, 5) is 15.8. The number of nitrogens with zero attached hydrogens (tertiary/aromatic N) is 1. The van der Waals surface area contributed by atoms with E-state index in [1.165, 1.54) is 0 Å². The lowest BCUT2D eigenvalue weighted by Gasteiger charge is -2.25. The van der Waals surface area contributed by atoms with Crippen molar-refractivity contribution in [2.24, 2.45) is 5.92 Å². The first kappa shape index (κ1) is 10.6. The zero-order valence-corrected chi connectivity index (χ0v) is 9.60. The number of likely N-dealkylation sites (tertiary alicyclic amines) is 1. The molecule has 0 aromatic carbocycles. The number of amides is 1. The van der Waals surface area contributed by atoms with E-state index >= 15 is 0 Å². The molecule has 1 saturated heterocycles. The maximum atomic E-state index is 11.5. The van der Waals surface area contributed by atoms with E-state index < -0.39 is 0 Å². The van der Waals surface area contributed by atoms with Gasteiger partial charge in [-0.3, -0.25) is 4.79 Å². The van der Waals surface area contributed by atoms with Crippen LogP contribution in [0.25, 0.3) is 0 Å². The molecule has 0 saturated carbocycles. The summed E-state index contributed by atoms with van der Waals surface area (Å²) in [5.41, 5.74) is 0. The van der Waals surface area contributed by atoms with E-state index in [1.54, 1.807) is 0 Å². The van der Waals surface area contributed by atoms with E-state index in [2.05, 4.69) is 40.5 Å². The van der Waals surface area contributed by atoms with Gasteiger partial charge in [-0.15, -0.1) is 0 Å². The van der Waals surface area contributed by atoms with Crippen LogP contribution >= 0.6 is 15.9 Å². The molecule has 1 atom stereocenters. The largest absolute Gasteiger partial charge is 0.329 e.